The van der Waals surface area contributed by atoms with Crippen molar-refractivity contribution in [3.05, 3.63) is 12.2 Å². The van der Waals surface area contributed by atoms with Gasteiger partial charge >= 0.3 is 0 Å². The first-order chi connectivity index (χ1) is 6.90. The molecule has 2 aliphatic rings. The van der Waals surface area contributed by atoms with Crippen LogP contribution in [0.4, 0.5) is 0 Å². The summed E-state index contributed by atoms with van der Waals surface area (Å²) in [5, 5.41) is 3.51. The van der Waals surface area contributed by atoms with Crippen molar-refractivity contribution < 1.29 is 0 Å². The molecule has 0 aromatic carbocycles. The Morgan fingerprint density at radius 3 is 2.93 bits per heavy atom. The molecule has 0 spiro atoms. The predicted octanol–water partition coefficient (Wildman–Crippen LogP) is 2.20. The molecule has 2 bridgehead atoms. The van der Waals surface area contributed by atoms with Crippen LogP contribution in [0.15, 0.2) is 12.2 Å². The average Bonchev–Trinajstić information content (AvgIpc) is 2.79. The highest BCUT2D eigenvalue weighted by Gasteiger charge is 2.34. The predicted molar refractivity (Wildman–Crippen MR) is 59.8 cm³/mol. The van der Waals surface area contributed by atoms with Crippen molar-refractivity contribution in [3.63, 3.8) is 0 Å². The summed E-state index contributed by atoms with van der Waals surface area (Å²) >= 11 is 0. The molecular weight excluding hydrogens is 170 g/mol. The van der Waals surface area contributed by atoms with Gasteiger partial charge < -0.3 is 5.32 Å². The Hall–Kier alpha value is -0.740. The van der Waals surface area contributed by atoms with Crippen molar-refractivity contribution in [2.45, 2.75) is 26.2 Å². The average molecular weight is 189 g/mol. The van der Waals surface area contributed by atoms with E-state index in [0.29, 0.717) is 0 Å². The number of fused-ring (bicyclic) bond motifs is 2. The minimum atomic E-state index is 0.879. The van der Waals surface area contributed by atoms with Crippen LogP contribution in [0.5, 0.6) is 0 Å². The van der Waals surface area contributed by atoms with E-state index >= 15 is 0 Å². The standard InChI is InChI=1S/C13H19N/c1-2-3-4-7-14-10-13-9-11-5-6-12(13)8-11/h5-6,11-14H,4,7-10H2,1H3. The summed E-state index contributed by atoms with van der Waals surface area (Å²) in [6.07, 6.45) is 8.65. The lowest BCUT2D eigenvalue weighted by Gasteiger charge is -2.17. The summed E-state index contributed by atoms with van der Waals surface area (Å²) < 4.78 is 0. The SMILES string of the molecule is CC#CCCNCC1CC2C=CC1C2. The van der Waals surface area contributed by atoms with Gasteiger partial charge in [-0.15, -0.1) is 11.8 Å². The summed E-state index contributed by atoms with van der Waals surface area (Å²) in [7, 11) is 0. The van der Waals surface area contributed by atoms with Crippen molar-refractivity contribution in [2.75, 3.05) is 13.1 Å². The molecule has 0 aromatic rings. The van der Waals surface area contributed by atoms with Crippen molar-refractivity contribution in [3.8, 4) is 11.8 Å². The molecule has 2 aliphatic carbocycles. The first kappa shape index (κ1) is 9.80. The molecule has 0 amide bonds. The maximum Gasteiger partial charge on any atom is 0.0214 e. The Kier molecular flexibility index (Phi) is 3.26. The third kappa shape index (κ3) is 2.19. The van der Waals surface area contributed by atoms with Crippen molar-refractivity contribution in [1.29, 1.82) is 0 Å². The Bertz CT molecular complexity index is 269. The third-order valence-corrected chi connectivity index (χ3v) is 3.43. The van der Waals surface area contributed by atoms with Gasteiger partial charge in [-0.3, -0.25) is 0 Å². The Balaban J connectivity index is 1.62. The van der Waals surface area contributed by atoms with Crippen LogP contribution in [-0.4, -0.2) is 13.1 Å². The molecule has 1 N–H and O–H groups in total. The van der Waals surface area contributed by atoms with Crippen LogP contribution < -0.4 is 5.32 Å². The Morgan fingerprint density at radius 1 is 1.36 bits per heavy atom. The molecule has 1 saturated carbocycles. The normalized spacial score (nSPS) is 33.1. The fourth-order valence-corrected chi connectivity index (χ4v) is 2.69. The van der Waals surface area contributed by atoms with Gasteiger partial charge in [-0.2, -0.15) is 0 Å². The molecule has 0 aliphatic heterocycles. The second kappa shape index (κ2) is 4.66. The molecule has 0 saturated heterocycles. The lowest BCUT2D eigenvalue weighted by molar-refractivity contribution is 0.417. The number of nitrogens with one attached hydrogen (secondary N) is 1. The van der Waals surface area contributed by atoms with Crippen molar-refractivity contribution in [2.24, 2.45) is 17.8 Å². The van der Waals surface area contributed by atoms with Gasteiger partial charge in [0.15, 0.2) is 0 Å². The Morgan fingerprint density at radius 2 is 2.29 bits per heavy atom. The molecule has 3 atom stereocenters. The zero-order valence-electron chi connectivity index (χ0n) is 8.92. The van der Waals surface area contributed by atoms with E-state index in [1.54, 1.807) is 0 Å². The van der Waals surface area contributed by atoms with Crippen LogP contribution in [-0.2, 0) is 0 Å². The van der Waals surface area contributed by atoms with Crippen LogP contribution >= 0.6 is 0 Å². The minimum Gasteiger partial charge on any atom is -0.315 e. The van der Waals surface area contributed by atoms with Crippen LogP contribution in [0, 0.1) is 29.6 Å². The third-order valence-electron chi connectivity index (χ3n) is 3.43. The highest BCUT2D eigenvalue weighted by atomic mass is 14.9. The molecule has 3 unspecified atom stereocenters. The second-order valence-electron chi connectivity index (χ2n) is 4.42. The van der Waals surface area contributed by atoms with Gasteiger partial charge in [-0.05, 0) is 44.1 Å². The lowest BCUT2D eigenvalue weighted by atomic mass is 9.94. The lowest BCUT2D eigenvalue weighted by Crippen LogP contribution is -2.26. The molecule has 1 nitrogen and oxygen atoms in total. The van der Waals surface area contributed by atoms with Gasteiger partial charge in [0, 0.05) is 13.0 Å². The molecule has 2 rings (SSSR count). The number of allylic oxidation sites excluding steroid dienone is 2. The topological polar surface area (TPSA) is 12.0 Å². The fourth-order valence-electron chi connectivity index (χ4n) is 2.69. The van der Waals surface area contributed by atoms with Gasteiger partial charge in [0.05, 0.1) is 0 Å². The minimum absolute atomic E-state index is 0.879. The quantitative estimate of drug-likeness (QED) is 0.406. The number of hydrogen-bond acceptors (Lipinski definition) is 1. The van der Waals surface area contributed by atoms with Gasteiger partial charge in [0.25, 0.3) is 0 Å². The fraction of sp³-hybridized carbons (Fsp3) is 0.692. The Labute approximate surface area is 87.0 Å². The van der Waals surface area contributed by atoms with Crippen LogP contribution in [0.3, 0.4) is 0 Å². The molecule has 0 heterocycles. The van der Waals surface area contributed by atoms with Gasteiger partial charge in [-0.25, -0.2) is 0 Å². The first-order valence-electron chi connectivity index (χ1n) is 5.69. The molecule has 0 radical (unpaired) electrons. The van der Waals surface area contributed by atoms with E-state index in [1.165, 1.54) is 19.4 Å². The van der Waals surface area contributed by atoms with Crippen LogP contribution in [0.2, 0.25) is 0 Å². The van der Waals surface area contributed by atoms with E-state index in [0.717, 1.165) is 30.7 Å². The number of hydrogen-bond donors (Lipinski definition) is 1. The van der Waals surface area contributed by atoms with E-state index < -0.39 is 0 Å². The van der Waals surface area contributed by atoms with Gasteiger partial charge in [0.2, 0.25) is 0 Å². The maximum atomic E-state index is 3.51. The molecular formula is C13H19N. The van der Waals surface area contributed by atoms with Gasteiger partial charge in [0.1, 0.15) is 0 Å². The van der Waals surface area contributed by atoms with Crippen molar-refractivity contribution in [1.82, 2.24) is 5.32 Å². The summed E-state index contributed by atoms with van der Waals surface area (Å²) in [5.41, 5.74) is 0. The zero-order valence-corrected chi connectivity index (χ0v) is 8.92. The summed E-state index contributed by atoms with van der Waals surface area (Å²) in [6, 6.07) is 0. The van der Waals surface area contributed by atoms with E-state index in [-0.39, 0.29) is 0 Å². The molecule has 76 valence electrons. The molecule has 14 heavy (non-hydrogen) atoms. The first-order valence-corrected chi connectivity index (χ1v) is 5.69. The molecule has 1 heteroatoms. The van der Waals surface area contributed by atoms with Crippen LogP contribution in [0.25, 0.3) is 0 Å². The molecule has 1 fully saturated rings. The smallest absolute Gasteiger partial charge is 0.0214 e. The summed E-state index contributed by atoms with van der Waals surface area (Å²) in [5.74, 6) is 8.69. The molecule has 0 aromatic heterocycles. The zero-order chi connectivity index (χ0) is 9.80. The number of rotatable bonds is 4. The van der Waals surface area contributed by atoms with Gasteiger partial charge in [-0.1, -0.05) is 12.2 Å². The van der Waals surface area contributed by atoms with Crippen LogP contribution in [0.1, 0.15) is 26.2 Å². The van der Waals surface area contributed by atoms with E-state index in [1.807, 2.05) is 6.92 Å². The van der Waals surface area contributed by atoms with E-state index in [9.17, 15) is 0 Å². The van der Waals surface area contributed by atoms with Crippen molar-refractivity contribution >= 4 is 0 Å². The monoisotopic (exact) mass is 189 g/mol. The second-order valence-corrected chi connectivity index (χ2v) is 4.42. The maximum absolute atomic E-state index is 3.51. The van der Waals surface area contributed by atoms with E-state index in [4.69, 9.17) is 0 Å². The summed E-state index contributed by atoms with van der Waals surface area (Å²) in [4.78, 5) is 0. The highest BCUT2D eigenvalue weighted by molar-refractivity contribution is 5.10. The summed E-state index contributed by atoms with van der Waals surface area (Å²) in [6.45, 7) is 4.15. The largest absolute Gasteiger partial charge is 0.315 e. The highest BCUT2D eigenvalue weighted by Crippen LogP contribution is 2.42. The van der Waals surface area contributed by atoms with E-state index in [2.05, 4.69) is 29.3 Å².